The summed E-state index contributed by atoms with van der Waals surface area (Å²) >= 11 is 1.37. The van der Waals surface area contributed by atoms with Crippen molar-refractivity contribution >= 4 is 51.0 Å². The molecule has 0 bridgehead atoms. The van der Waals surface area contributed by atoms with Crippen LogP contribution in [-0.4, -0.2) is 47.0 Å². The van der Waals surface area contributed by atoms with Crippen LogP contribution < -0.4 is 21.3 Å². The number of pyridine rings is 1. The predicted molar refractivity (Wildman–Crippen MR) is 139 cm³/mol. The van der Waals surface area contributed by atoms with Gasteiger partial charge in [-0.05, 0) is 54.4 Å². The van der Waals surface area contributed by atoms with Gasteiger partial charge in [-0.2, -0.15) is 0 Å². The molecular weight excluding hydrogens is 462 g/mol. The molecule has 0 saturated heterocycles. The van der Waals surface area contributed by atoms with Crippen LogP contribution in [0.5, 0.6) is 0 Å². The third-order valence-corrected chi connectivity index (χ3v) is 7.06. The molecule has 2 aromatic carbocycles. The zero-order valence-corrected chi connectivity index (χ0v) is 19.8. The smallest absolute Gasteiger partial charge is 0.267 e. The molecule has 0 spiro atoms. The number of anilines is 3. The van der Waals surface area contributed by atoms with Crippen LogP contribution in [0.1, 0.15) is 15.2 Å². The van der Waals surface area contributed by atoms with E-state index < -0.39 is 18.2 Å². The Morgan fingerprint density at radius 1 is 1.09 bits per heavy atom. The second-order valence-corrected chi connectivity index (χ2v) is 9.24. The Morgan fingerprint density at radius 2 is 1.91 bits per heavy atom. The highest BCUT2D eigenvalue weighted by atomic mass is 32.1. The topological polar surface area (TPSA) is 115 Å². The zero-order chi connectivity index (χ0) is 24.4. The standard InChI is InChI=1S/C26H25N5O3S/c1-27-21-22(24(33)23(21)32)30-16-5-4-6-17(13-16)31-26(34)25-20(10-12-35-25)29-14-15-9-11-28-19-8-3-2-7-18(15)19/h2-13,21-22,24,27,29-30,33H,14H2,1H3,(H,31,34). The number of rotatable bonds is 8. The molecular formula is C26H25N5O3S. The number of para-hydroxylation sites is 1. The minimum atomic E-state index is -1.05. The molecule has 5 N–H and O–H groups in total. The Hall–Kier alpha value is -3.79. The number of thiophene rings is 1. The van der Waals surface area contributed by atoms with Gasteiger partial charge in [0.2, 0.25) is 0 Å². The lowest BCUT2D eigenvalue weighted by molar-refractivity contribution is -0.140. The number of Topliss-reactive ketones (excluding diaryl/α,β-unsaturated/α-hetero) is 1. The number of aliphatic hydroxyl groups excluding tert-OH is 1. The molecule has 35 heavy (non-hydrogen) atoms. The number of fused-ring (bicyclic) bond motifs is 1. The third kappa shape index (κ3) is 4.61. The summed E-state index contributed by atoms with van der Waals surface area (Å²) in [6.07, 6.45) is 0.738. The molecule has 8 nitrogen and oxygen atoms in total. The molecule has 0 aliphatic heterocycles. The number of aromatic nitrogens is 1. The minimum absolute atomic E-state index is 0.216. The molecule has 0 radical (unpaired) electrons. The van der Waals surface area contributed by atoms with Crippen molar-refractivity contribution in [1.82, 2.24) is 10.3 Å². The minimum Gasteiger partial charge on any atom is -0.383 e. The fraction of sp³-hybridized carbons (Fsp3) is 0.192. The molecule has 1 aliphatic rings. The number of amides is 1. The SMILES string of the molecule is CNC1C(=O)C(O)C1Nc1cccc(NC(=O)c2sccc2NCc2ccnc3ccccc23)c1. The van der Waals surface area contributed by atoms with Crippen LogP contribution in [0.2, 0.25) is 0 Å². The fourth-order valence-electron chi connectivity index (χ4n) is 4.28. The second-order valence-electron chi connectivity index (χ2n) is 8.32. The van der Waals surface area contributed by atoms with E-state index in [0.29, 0.717) is 22.8 Å². The Labute approximate surface area is 206 Å². The number of nitrogens with zero attached hydrogens (tertiary/aromatic N) is 1. The van der Waals surface area contributed by atoms with Gasteiger partial charge in [0.05, 0.1) is 23.3 Å². The van der Waals surface area contributed by atoms with Gasteiger partial charge in [-0.3, -0.25) is 14.6 Å². The Morgan fingerprint density at radius 3 is 2.77 bits per heavy atom. The fourth-order valence-corrected chi connectivity index (χ4v) is 5.04. The Kier molecular flexibility index (Phi) is 6.45. The summed E-state index contributed by atoms with van der Waals surface area (Å²) in [5.41, 5.74) is 4.11. The van der Waals surface area contributed by atoms with Gasteiger partial charge in [0, 0.05) is 29.5 Å². The van der Waals surface area contributed by atoms with Crippen LogP contribution in [0.25, 0.3) is 10.9 Å². The molecule has 1 fully saturated rings. The van der Waals surface area contributed by atoms with Crippen molar-refractivity contribution in [3.8, 4) is 0 Å². The molecule has 4 aromatic rings. The zero-order valence-electron chi connectivity index (χ0n) is 19.0. The maximum absolute atomic E-state index is 13.0. The first-order valence-corrected chi connectivity index (χ1v) is 12.1. The lowest BCUT2D eigenvalue weighted by atomic mass is 9.81. The molecule has 5 rings (SSSR count). The molecule has 1 saturated carbocycles. The Bertz CT molecular complexity index is 1380. The van der Waals surface area contributed by atoms with Gasteiger partial charge >= 0.3 is 0 Å². The van der Waals surface area contributed by atoms with Gasteiger partial charge in [-0.15, -0.1) is 11.3 Å². The van der Waals surface area contributed by atoms with Crippen LogP contribution in [0, 0.1) is 0 Å². The number of hydrogen-bond donors (Lipinski definition) is 5. The molecule has 2 heterocycles. The first-order chi connectivity index (χ1) is 17.0. The van der Waals surface area contributed by atoms with E-state index in [1.54, 1.807) is 31.4 Å². The monoisotopic (exact) mass is 487 g/mol. The van der Waals surface area contributed by atoms with Crippen molar-refractivity contribution in [2.75, 3.05) is 23.0 Å². The first kappa shape index (κ1) is 23.0. The van der Waals surface area contributed by atoms with E-state index >= 15 is 0 Å². The van der Waals surface area contributed by atoms with Crippen LogP contribution >= 0.6 is 11.3 Å². The summed E-state index contributed by atoms with van der Waals surface area (Å²) in [5, 5.41) is 25.3. The number of ketones is 1. The predicted octanol–water partition coefficient (Wildman–Crippen LogP) is 3.47. The van der Waals surface area contributed by atoms with E-state index in [-0.39, 0.29) is 11.7 Å². The summed E-state index contributed by atoms with van der Waals surface area (Å²) in [4.78, 5) is 29.8. The number of carbonyl (C=O) groups excluding carboxylic acids is 2. The summed E-state index contributed by atoms with van der Waals surface area (Å²) in [6.45, 7) is 0.564. The van der Waals surface area contributed by atoms with Gasteiger partial charge in [0.1, 0.15) is 11.0 Å². The number of hydrogen-bond acceptors (Lipinski definition) is 8. The number of nitrogens with one attached hydrogen (secondary N) is 4. The largest absolute Gasteiger partial charge is 0.383 e. The highest BCUT2D eigenvalue weighted by Crippen LogP contribution is 2.27. The third-order valence-electron chi connectivity index (χ3n) is 6.14. The number of carbonyl (C=O) groups is 2. The van der Waals surface area contributed by atoms with Crippen molar-refractivity contribution in [3.63, 3.8) is 0 Å². The molecule has 3 unspecified atom stereocenters. The van der Waals surface area contributed by atoms with Gasteiger partial charge in [0.25, 0.3) is 5.91 Å². The first-order valence-electron chi connectivity index (χ1n) is 11.3. The van der Waals surface area contributed by atoms with E-state index in [1.165, 1.54) is 11.3 Å². The molecule has 178 valence electrons. The maximum atomic E-state index is 13.0. The average Bonchev–Trinajstić information content (AvgIpc) is 3.36. The average molecular weight is 488 g/mol. The van der Waals surface area contributed by atoms with E-state index in [2.05, 4.69) is 26.3 Å². The highest BCUT2D eigenvalue weighted by Gasteiger charge is 2.48. The number of aliphatic hydroxyl groups is 1. The van der Waals surface area contributed by atoms with Crippen molar-refractivity contribution in [3.05, 3.63) is 82.7 Å². The van der Waals surface area contributed by atoms with E-state index in [0.717, 1.165) is 22.2 Å². The van der Waals surface area contributed by atoms with Crippen LogP contribution in [0.15, 0.2) is 72.2 Å². The number of likely N-dealkylation sites (N-methyl/N-ethyl adjacent to an activating group) is 1. The van der Waals surface area contributed by atoms with Gasteiger partial charge in [-0.25, -0.2) is 0 Å². The molecule has 3 atom stereocenters. The van der Waals surface area contributed by atoms with Crippen molar-refractivity contribution < 1.29 is 14.7 Å². The lowest BCUT2D eigenvalue weighted by Crippen LogP contribution is -2.68. The van der Waals surface area contributed by atoms with E-state index in [9.17, 15) is 14.7 Å². The summed E-state index contributed by atoms with van der Waals surface area (Å²) < 4.78 is 0. The van der Waals surface area contributed by atoms with Gasteiger partial charge in [-0.1, -0.05) is 24.3 Å². The van der Waals surface area contributed by atoms with Gasteiger partial charge < -0.3 is 26.4 Å². The van der Waals surface area contributed by atoms with Crippen LogP contribution in [0.3, 0.4) is 0 Å². The molecule has 1 amide bonds. The molecule has 9 heteroatoms. The lowest BCUT2D eigenvalue weighted by Gasteiger charge is -2.40. The van der Waals surface area contributed by atoms with Gasteiger partial charge in [0.15, 0.2) is 5.78 Å². The van der Waals surface area contributed by atoms with E-state index in [1.807, 2.05) is 47.8 Å². The summed E-state index contributed by atoms with van der Waals surface area (Å²) in [5.74, 6) is -0.446. The van der Waals surface area contributed by atoms with Crippen molar-refractivity contribution in [1.29, 1.82) is 0 Å². The van der Waals surface area contributed by atoms with Crippen LogP contribution in [-0.2, 0) is 11.3 Å². The highest BCUT2D eigenvalue weighted by molar-refractivity contribution is 7.12. The quantitative estimate of drug-likeness (QED) is 0.258. The number of benzene rings is 2. The summed E-state index contributed by atoms with van der Waals surface area (Å²) in [6, 6.07) is 18.2. The maximum Gasteiger partial charge on any atom is 0.267 e. The summed E-state index contributed by atoms with van der Waals surface area (Å²) in [7, 11) is 1.68. The van der Waals surface area contributed by atoms with Crippen molar-refractivity contribution in [2.45, 2.75) is 24.7 Å². The Balaban J connectivity index is 1.26. The normalized spacial score (nSPS) is 19.3. The molecule has 2 aromatic heterocycles. The van der Waals surface area contributed by atoms with Crippen molar-refractivity contribution in [2.24, 2.45) is 0 Å². The van der Waals surface area contributed by atoms with Crippen LogP contribution in [0.4, 0.5) is 17.1 Å². The second kappa shape index (κ2) is 9.83. The van der Waals surface area contributed by atoms with E-state index in [4.69, 9.17) is 0 Å². The molecule has 1 aliphatic carbocycles.